The summed E-state index contributed by atoms with van der Waals surface area (Å²) in [5.41, 5.74) is 7.23. The zero-order valence-corrected chi connectivity index (χ0v) is 14.7. The molecule has 1 aromatic rings. The fraction of sp³-hybridized carbons (Fsp3) is 0.611. The highest BCUT2D eigenvalue weighted by Gasteiger charge is 2.21. The molecule has 1 aliphatic heterocycles. The molecule has 5 nitrogen and oxygen atoms in total. The average molecular weight is 317 g/mol. The van der Waals surface area contributed by atoms with E-state index < -0.39 is 0 Å². The van der Waals surface area contributed by atoms with Crippen LogP contribution in [0, 0.1) is 5.92 Å². The molecule has 0 aliphatic carbocycles. The van der Waals surface area contributed by atoms with Gasteiger partial charge >= 0.3 is 0 Å². The summed E-state index contributed by atoms with van der Waals surface area (Å²) in [6.45, 7) is 12.5. The van der Waals surface area contributed by atoms with Gasteiger partial charge in [-0.25, -0.2) is 0 Å². The second-order valence-electron chi connectivity index (χ2n) is 6.71. The van der Waals surface area contributed by atoms with Gasteiger partial charge in [0.25, 0.3) is 0 Å². The van der Waals surface area contributed by atoms with Crippen molar-refractivity contribution in [2.75, 3.05) is 44.2 Å². The topological polar surface area (TPSA) is 56.9 Å². The highest BCUT2D eigenvalue weighted by Crippen LogP contribution is 2.16. The van der Waals surface area contributed by atoms with Crippen LogP contribution < -0.4 is 16.0 Å². The van der Waals surface area contributed by atoms with Crippen molar-refractivity contribution in [2.45, 2.75) is 26.8 Å². The van der Waals surface area contributed by atoms with Crippen molar-refractivity contribution in [2.24, 2.45) is 16.6 Å². The monoisotopic (exact) mass is 317 g/mol. The van der Waals surface area contributed by atoms with Crippen LogP contribution in [0.4, 0.5) is 5.69 Å². The summed E-state index contributed by atoms with van der Waals surface area (Å²) in [5.74, 6) is 1.10. The lowest BCUT2D eigenvalue weighted by molar-refractivity contribution is 0.197. The number of rotatable bonds is 6. The molecule has 1 unspecified atom stereocenters. The molecule has 5 heteroatoms. The molecule has 1 aliphatic rings. The first-order chi connectivity index (χ1) is 11.1. The van der Waals surface area contributed by atoms with Crippen LogP contribution in [0.15, 0.2) is 35.3 Å². The smallest absolute Gasteiger partial charge is 0.188 e. The lowest BCUT2D eigenvalue weighted by atomic mass is 10.2. The van der Waals surface area contributed by atoms with Gasteiger partial charge in [-0.05, 0) is 25.0 Å². The van der Waals surface area contributed by atoms with Crippen LogP contribution in [-0.2, 0) is 0 Å². The zero-order valence-electron chi connectivity index (χ0n) is 14.7. The minimum atomic E-state index is 0.459. The Morgan fingerprint density at radius 2 is 1.78 bits per heavy atom. The standard InChI is InChI=1S/C18H31N5/c1-15(2)13-20-18(19)21-14-16(3)22-9-11-23(12-10-22)17-7-5-4-6-8-17/h4-8,15-16H,9-14H2,1-3H3,(H3,19,20,21). The van der Waals surface area contributed by atoms with Crippen molar-refractivity contribution in [3.8, 4) is 0 Å². The summed E-state index contributed by atoms with van der Waals surface area (Å²) in [5, 5.41) is 3.25. The van der Waals surface area contributed by atoms with Crippen LogP contribution >= 0.6 is 0 Å². The summed E-state index contributed by atoms with van der Waals surface area (Å²) in [7, 11) is 0. The highest BCUT2D eigenvalue weighted by atomic mass is 15.3. The van der Waals surface area contributed by atoms with Crippen LogP contribution in [0.2, 0.25) is 0 Å². The van der Waals surface area contributed by atoms with E-state index in [2.05, 4.69) is 71.2 Å². The SMILES string of the molecule is CC(C)CN=C(N)NCC(C)N1CCN(c2ccccc2)CC1. The van der Waals surface area contributed by atoms with Crippen molar-refractivity contribution in [1.82, 2.24) is 10.2 Å². The largest absolute Gasteiger partial charge is 0.370 e. The second-order valence-corrected chi connectivity index (χ2v) is 6.71. The summed E-state index contributed by atoms with van der Waals surface area (Å²) < 4.78 is 0. The number of nitrogens with one attached hydrogen (secondary N) is 1. The third kappa shape index (κ3) is 5.75. The summed E-state index contributed by atoms with van der Waals surface area (Å²) in [4.78, 5) is 9.32. The van der Waals surface area contributed by atoms with E-state index >= 15 is 0 Å². The molecule has 0 amide bonds. The molecule has 1 fully saturated rings. The Bertz CT molecular complexity index is 477. The number of para-hydroxylation sites is 1. The number of nitrogens with zero attached hydrogens (tertiary/aromatic N) is 3. The molecule has 1 atom stereocenters. The number of hydrogen-bond donors (Lipinski definition) is 2. The molecule has 0 aromatic heterocycles. The third-order valence-electron chi connectivity index (χ3n) is 4.26. The molecule has 0 bridgehead atoms. The predicted octanol–water partition coefficient (Wildman–Crippen LogP) is 1.76. The first-order valence-electron chi connectivity index (χ1n) is 8.64. The van der Waals surface area contributed by atoms with Gasteiger partial charge in [0.2, 0.25) is 0 Å². The Morgan fingerprint density at radius 1 is 1.13 bits per heavy atom. The van der Waals surface area contributed by atoms with Crippen molar-refractivity contribution >= 4 is 11.6 Å². The number of benzene rings is 1. The van der Waals surface area contributed by atoms with E-state index in [1.54, 1.807) is 0 Å². The second kappa shape index (κ2) is 8.77. The molecule has 2 rings (SSSR count). The van der Waals surface area contributed by atoms with Gasteiger partial charge in [0.05, 0.1) is 0 Å². The summed E-state index contributed by atoms with van der Waals surface area (Å²) >= 11 is 0. The Balaban J connectivity index is 1.73. The van der Waals surface area contributed by atoms with Gasteiger partial charge in [0, 0.05) is 51.0 Å². The van der Waals surface area contributed by atoms with E-state index in [-0.39, 0.29) is 0 Å². The molecule has 23 heavy (non-hydrogen) atoms. The Labute approximate surface area is 140 Å². The van der Waals surface area contributed by atoms with Crippen LogP contribution in [0.1, 0.15) is 20.8 Å². The molecule has 1 saturated heterocycles. The highest BCUT2D eigenvalue weighted by molar-refractivity contribution is 5.77. The van der Waals surface area contributed by atoms with Crippen LogP contribution in [0.3, 0.4) is 0 Å². The number of hydrogen-bond acceptors (Lipinski definition) is 3. The molecule has 0 saturated carbocycles. The third-order valence-corrected chi connectivity index (χ3v) is 4.26. The van der Waals surface area contributed by atoms with E-state index in [0.717, 1.165) is 39.3 Å². The van der Waals surface area contributed by atoms with Crippen molar-refractivity contribution in [3.05, 3.63) is 30.3 Å². The molecular formula is C18H31N5. The van der Waals surface area contributed by atoms with Crippen molar-refractivity contribution < 1.29 is 0 Å². The maximum atomic E-state index is 5.91. The van der Waals surface area contributed by atoms with E-state index in [1.165, 1.54) is 5.69 Å². The van der Waals surface area contributed by atoms with Gasteiger partial charge in [-0.15, -0.1) is 0 Å². The average Bonchev–Trinajstić information content (AvgIpc) is 2.58. The van der Waals surface area contributed by atoms with Crippen molar-refractivity contribution in [1.29, 1.82) is 0 Å². The van der Waals surface area contributed by atoms with Gasteiger partial charge in [-0.1, -0.05) is 32.0 Å². The predicted molar refractivity (Wildman–Crippen MR) is 99.0 cm³/mol. The number of anilines is 1. The minimum Gasteiger partial charge on any atom is -0.370 e. The normalized spacial score (nSPS) is 18.3. The molecule has 1 heterocycles. The molecular weight excluding hydrogens is 286 g/mol. The number of guanidine groups is 1. The van der Waals surface area contributed by atoms with Crippen molar-refractivity contribution in [3.63, 3.8) is 0 Å². The first-order valence-corrected chi connectivity index (χ1v) is 8.64. The summed E-state index contributed by atoms with van der Waals surface area (Å²) in [6.07, 6.45) is 0. The fourth-order valence-corrected chi connectivity index (χ4v) is 2.78. The van der Waals surface area contributed by atoms with Gasteiger partial charge in [0.1, 0.15) is 0 Å². The fourth-order valence-electron chi connectivity index (χ4n) is 2.78. The van der Waals surface area contributed by atoms with Gasteiger partial charge in [0.15, 0.2) is 5.96 Å². The Hall–Kier alpha value is -1.75. The van der Waals surface area contributed by atoms with Gasteiger partial charge < -0.3 is 16.0 Å². The number of nitrogens with two attached hydrogens (primary N) is 1. The lowest BCUT2D eigenvalue weighted by Gasteiger charge is -2.39. The first kappa shape index (κ1) is 17.6. The lowest BCUT2D eigenvalue weighted by Crippen LogP contribution is -2.53. The van der Waals surface area contributed by atoms with Gasteiger partial charge in [-0.3, -0.25) is 9.89 Å². The quantitative estimate of drug-likeness (QED) is 0.620. The van der Waals surface area contributed by atoms with E-state index in [0.29, 0.717) is 17.9 Å². The molecule has 128 valence electrons. The summed E-state index contributed by atoms with van der Waals surface area (Å²) in [6, 6.07) is 11.1. The minimum absolute atomic E-state index is 0.459. The molecule has 0 radical (unpaired) electrons. The van der Waals surface area contributed by atoms with E-state index in [9.17, 15) is 0 Å². The maximum Gasteiger partial charge on any atom is 0.188 e. The molecule has 3 N–H and O–H groups in total. The maximum absolute atomic E-state index is 5.91. The van der Waals surface area contributed by atoms with Crippen LogP contribution in [0.25, 0.3) is 0 Å². The number of piperazine rings is 1. The Morgan fingerprint density at radius 3 is 2.39 bits per heavy atom. The zero-order chi connectivity index (χ0) is 16.7. The molecule has 1 aromatic carbocycles. The van der Waals surface area contributed by atoms with Crippen LogP contribution in [-0.4, -0.2) is 56.2 Å². The van der Waals surface area contributed by atoms with E-state index in [1.807, 2.05) is 0 Å². The number of aliphatic imine (C=N–C) groups is 1. The van der Waals surface area contributed by atoms with Gasteiger partial charge in [-0.2, -0.15) is 0 Å². The van der Waals surface area contributed by atoms with E-state index in [4.69, 9.17) is 5.73 Å². The molecule has 0 spiro atoms. The van der Waals surface area contributed by atoms with Crippen LogP contribution in [0.5, 0.6) is 0 Å². The Kier molecular flexibility index (Phi) is 6.71.